The number of rotatable bonds is 6. The fourth-order valence-corrected chi connectivity index (χ4v) is 4.57. The number of nitrogens with zero attached hydrogens (tertiary/aromatic N) is 3. The number of fused-ring (bicyclic) bond motifs is 1. The molecule has 1 amide bonds. The number of hydrogen-bond acceptors (Lipinski definition) is 5. The van der Waals surface area contributed by atoms with E-state index in [-0.39, 0.29) is 12.6 Å². The molecule has 1 aliphatic heterocycles. The van der Waals surface area contributed by atoms with Crippen LogP contribution in [-0.4, -0.2) is 50.4 Å². The van der Waals surface area contributed by atoms with Gasteiger partial charge in [-0.15, -0.1) is 0 Å². The molecule has 1 aromatic carbocycles. The molecule has 0 aliphatic carbocycles. The molecule has 220 valence electrons. The minimum atomic E-state index is -0.913. The van der Waals surface area contributed by atoms with Crippen molar-refractivity contribution in [3.05, 3.63) is 76.7 Å². The molecule has 3 heterocycles. The van der Waals surface area contributed by atoms with Gasteiger partial charge in [0, 0.05) is 23.1 Å². The third kappa shape index (κ3) is 8.85. The van der Waals surface area contributed by atoms with Crippen LogP contribution >= 0.6 is 0 Å². The lowest BCUT2D eigenvalue weighted by Crippen LogP contribution is -2.45. The van der Waals surface area contributed by atoms with Crippen molar-refractivity contribution < 1.29 is 19.4 Å². The van der Waals surface area contributed by atoms with E-state index in [9.17, 15) is 9.90 Å². The Morgan fingerprint density at radius 2 is 1.73 bits per heavy atom. The van der Waals surface area contributed by atoms with Crippen molar-refractivity contribution >= 4 is 6.09 Å². The SMILES string of the molecule is CC.CC.Cc1ccc2c(c1)CCC(CN(CC(O)c1ccc(-n3c(C)ccc3C)nc1)C(=O)OC(C)(C)C)O2. The lowest BCUT2D eigenvalue weighted by atomic mass is 10.00. The highest BCUT2D eigenvalue weighted by Crippen LogP contribution is 2.29. The maximum atomic E-state index is 13.1. The maximum absolute atomic E-state index is 13.1. The van der Waals surface area contributed by atoms with Gasteiger partial charge in [0.2, 0.25) is 0 Å². The zero-order valence-electron chi connectivity index (χ0n) is 26.1. The predicted octanol–water partition coefficient (Wildman–Crippen LogP) is 7.51. The number of aliphatic hydroxyl groups excluding tert-OH is 1. The van der Waals surface area contributed by atoms with Crippen LogP contribution in [-0.2, 0) is 11.2 Å². The van der Waals surface area contributed by atoms with E-state index in [4.69, 9.17) is 9.47 Å². The van der Waals surface area contributed by atoms with Crippen LogP contribution in [0.5, 0.6) is 5.75 Å². The standard InChI is InChI=1S/C29H37N3O4.2C2H6/c1-19-7-13-26-22(15-19)10-12-24(35-26)17-31(28(34)36-29(4,5)6)18-25(33)23-11-14-27(30-16-23)32-20(2)8-9-21(32)3;2*1-2/h7-9,11,13-16,24-25,33H,10,12,17-18H2,1-6H3;2*1-2H3. The van der Waals surface area contributed by atoms with E-state index in [0.717, 1.165) is 35.8 Å². The zero-order chi connectivity index (χ0) is 30.0. The Morgan fingerprint density at radius 3 is 2.30 bits per heavy atom. The van der Waals surface area contributed by atoms with Crippen molar-refractivity contribution in [1.29, 1.82) is 0 Å². The number of ether oxygens (including phenoxy) is 2. The number of benzene rings is 1. The molecule has 2 unspecified atom stereocenters. The van der Waals surface area contributed by atoms with Gasteiger partial charge in [-0.1, -0.05) is 51.5 Å². The van der Waals surface area contributed by atoms with Gasteiger partial charge >= 0.3 is 6.09 Å². The summed E-state index contributed by atoms with van der Waals surface area (Å²) in [6.45, 7) is 20.0. The van der Waals surface area contributed by atoms with Crippen LogP contribution in [0.4, 0.5) is 4.79 Å². The van der Waals surface area contributed by atoms with Crippen LogP contribution < -0.4 is 4.74 Å². The molecule has 0 saturated carbocycles. The molecule has 0 radical (unpaired) electrons. The Morgan fingerprint density at radius 1 is 1.07 bits per heavy atom. The minimum Gasteiger partial charge on any atom is -0.488 e. The first kappa shape index (κ1) is 32.9. The molecular weight excluding hydrogens is 502 g/mol. The first-order valence-corrected chi connectivity index (χ1v) is 14.5. The quantitative estimate of drug-likeness (QED) is 0.343. The van der Waals surface area contributed by atoms with E-state index < -0.39 is 17.8 Å². The van der Waals surface area contributed by atoms with E-state index >= 15 is 0 Å². The third-order valence-corrected chi connectivity index (χ3v) is 6.37. The number of hydrogen-bond donors (Lipinski definition) is 1. The lowest BCUT2D eigenvalue weighted by molar-refractivity contribution is 0.00365. The highest BCUT2D eigenvalue weighted by Gasteiger charge is 2.29. The summed E-state index contributed by atoms with van der Waals surface area (Å²) in [6.07, 6.45) is 1.78. The molecule has 0 bridgehead atoms. The van der Waals surface area contributed by atoms with Crippen LogP contribution in [0.3, 0.4) is 0 Å². The topological polar surface area (TPSA) is 76.8 Å². The molecule has 40 heavy (non-hydrogen) atoms. The molecule has 7 heteroatoms. The van der Waals surface area contributed by atoms with E-state index in [0.29, 0.717) is 12.1 Å². The summed E-state index contributed by atoms with van der Waals surface area (Å²) in [7, 11) is 0. The van der Waals surface area contributed by atoms with E-state index in [2.05, 4.69) is 22.5 Å². The summed E-state index contributed by atoms with van der Waals surface area (Å²) in [5.41, 5.74) is 4.57. The molecule has 1 aliphatic rings. The van der Waals surface area contributed by atoms with Crippen molar-refractivity contribution in [2.45, 2.75) is 99.9 Å². The number of carbonyl (C=O) groups excluding carboxylic acids is 1. The number of carbonyl (C=O) groups is 1. The number of amides is 1. The highest BCUT2D eigenvalue weighted by molar-refractivity contribution is 5.68. The second kappa shape index (κ2) is 14.9. The first-order chi connectivity index (χ1) is 19.0. The zero-order valence-corrected chi connectivity index (χ0v) is 26.1. The van der Waals surface area contributed by atoms with Crippen LogP contribution in [0.2, 0.25) is 0 Å². The summed E-state index contributed by atoms with van der Waals surface area (Å²) < 4.78 is 13.9. The van der Waals surface area contributed by atoms with Gasteiger partial charge in [0.05, 0.1) is 19.2 Å². The Balaban J connectivity index is 0.00000134. The van der Waals surface area contributed by atoms with Gasteiger partial charge in [-0.3, -0.25) is 0 Å². The minimum absolute atomic E-state index is 0.0815. The maximum Gasteiger partial charge on any atom is 0.410 e. The molecule has 2 atom stereocenters. The van der Waals surface area contributed by atoms with Gasteiger partial charge < -0.3 is 24.0 Å². The van der Waals surface area contributed by atoms with Crippen molar-refractivity contribution in [2.75, 3.05) is 13.1 Å². The van der Waals surface area contributed by atoms with Crippen LogP contribution in [0.15, 0.2) is 48.7 Å². The average molecular weight is 552 g/mol. The summed E-state index contributed by atoms with van der Waals surface area (Å²) >= 11 is 0. The number of aryl methyl sites for hydroxylation is 4. The van der Waals surface area contributed by atoms with Gasteiger partial charge in [0.25, 0.3) is 0 Å². The largest absolute Gasteiger partial charge is 0.488 e. The van der Waals surface area contributed by atoms with E-state index in [1.807, 2.05) is 98.7 Å². The van der Waals surface area contributed by atoms with Crippen molar-refractivity contribution in [3.8, 4) is 11.6 Å². The smallest absolute Gasteiger partial charge is 0.410 e. The van der Waals surface area contributed by atoms with Gasteiger partial charge in [-0.25, -0.2) is 9.78 Å². The molecule has 0 spiro atoms. The van der Waals surface area contributed by atoms with Crippen LogP contribution in [0.25, 0.3) is 5.82 Å². The van der Waals surface area contributed by atoms with Crippen molar-refractivity contribution in [1.82, 2.24) is 14.5 Å². The summed E-state index contributed by atoms with van der Waals surface area (Å²) in [4.78, 5) is 19.2. The Kier molecular flexibility index (Phi) is 12.2. The summed E-state index contributed by atoms with van der Waals surface area (Å²) in [6, 6.07) is 14.0. The Bertz CT molecular complexity index is 1190. The van der Waals surface area contributed by atoms with Gasteiger partial charge in [0.15, 0.2) is 0 Å². The number of aliphatic hydroxyl groups is 1. The fourth-order valence-electron chi connectivity index (χ4n) is 4.57. The Hall–Kier alpha value is -3.32. The molecule has 4 rings (SSSR count). The van der Waals surface area contributed by atoms with E-state index in [1.54, 1.807) is 11.1 Å². The second-order valence-electron chi connectivity index (χ2n) is 10.7. The molecule has 2 aromatic heterocycles. The lowest BCUT2D eigenvalue weighted by Gasteiger charge is -2.33. The molecule has 1 N–H and O–H groups in total. The van der Waals surface area contributed by atoms with Gasteiger partial charge in [0.1, 0.15) is 23.3 Å². The normalized spacial score (nSPS) is 14.8. The van der Waals surface area contributed by atoms with E-state index in [1.165, 1.54) is 11.1 Å². The highest BCUT2D eigenvalue weighted by atomic mass is 16.6. The number of aromatic nitrogens is 2. The predicted molar refractivity (Wildman–Crippen MR) is 162 cm³/mol. The molecule has 0 saturated heterocycles. The summed E-state index contributed by atoms with van der Waals surface area (Å²) in [5.74, 6) is 1.65. The van der Waals surface area contributed by atoms with Gasteiger partial charge in [-0.05, 0) is 84.2 Å². The van der Waals surface area contributed by atoms with Gasteiger partial charge in [-0.2, -0.15) is 0 Å². The van der Waals surface area contributed by atoms with Crippen molar-refractivity contribution in [3.63, 3.8) is 0 Å². The molecular formula is C33H49N3O4. The average Bonchev–Trinajstić information content (AvgIpc) is 3.27. The Labute approximate surface area is 241 Å². The third-order valence-electron chi connectivity index (χ3n) is 6.37. The molecule has 0 fully saturated rings. The van der Waals surface area contributed by atoms with Crippen LogP contribution in [0.1, 0.15) is 89.1 Å². The van der Waals surface area contributed by atoms with Crippen molar-refractivity contribution in [2.24, 2.45) is 0 Å². The molecule has 7 nitrogen and oxygen atoms in total. The molecule has 3 aromatic rings. The first-order valence-electron chi connectivity index (χ1n) is 14.5. The fraction of sp³-hybridized carbons (Fsp3) is 0.515. The number of pyridine rings is 1. The second-order valence-corrected chi connectivity index (χ2v) is 10.7. The summed E-state index contributed by atoms with van der Waals surface area (Å²) in [5, 5.41) is 11.0. The van der Waals surface area contributed by atoms with Crippen LogP contribution in [0, 0.1) is 20.8 Å². The monoisotopic (exact) mass is 551 g/mol.